The van der Waals surface area contributed by atoms with Crippen LogP contribution in [0, 0.1) is 5.82 Å². The fourth-order valence-electron chi connectivity index (χ4n) is 2.87. The van der Waals surface area contributed by atoms with E-state index in [0.29, 0.717) is 24.0 Å². The van der Waals surface area contributed by atoms with E-state index in [0.717, 1.165) is 22.2 Å². The molecule has 29 heavy (non-hydrogen) atoms. The number of anilines is 1. The summed E-state index contributed by atoms with van der Waals surface area (Å²) >= 11 is 0. The van der Waals surface area contributed by atoms with Gasteiger partial charge >= 0.3 is 0 Å². The molecule has 7 heteroatoms. The molecule has 0 saturated heterocycles. The molecule has 0 amide bonds. The number of benzene rings is 3. The van der Waals surface area contributed by atoms with Crippen LogP contribution in [0.15, 0.2) is 72.8 Å². The van der Waals surface area contributed by atoms with Crippen molar-refractivity contribution in [1.82, 2.24) is 15.4 Å². The van der Waals surface area contributed by atoms with Crippen LogP contribution in [0.5, 0.6) is 11.5 Å². The lowest BCUT2D eigenvalue weighted by molar-refractivity contribution is 0.296. The lowest BCUT2D eigenvalue weighted by Gasteiger charge is -2.11. The van der Waals surface area contributed by atoms with Gasteiger partial charge in [0.1, 0.15) is 17.3 Å². The SMILES string of the molecule is OCCNNc1nc(-c2ccc(Oc3ccc(F)cc3)cc2)c2ccccc2n1. The minimum atomic E-state index is -0.304. The first-order chi connectivity index (χ1) is 14.2. The molecule has 0 aliphatic heterocycles. The number of hydrazine groups is 1. The third-order valence-corrected chi connectivity index (χ3v) is 4.22. The van der Waals surface area contributed by atoms with Crippen LogP contribution in [-0.2, 0) is 0 Å². The van der Waals surface area contributed by atoms with Gasteiger partial charge in [0.05, 0.1) is 17.8 Å². The number of halogens is 1. The molecule has 1 aromatic heterocycles. The maximum atomic E-state index is 13.0. The number of nitrogens with zero attached hydrogens (tertiary/aromatic N) is 2. The van der Waals surface area contributed by atoms with Gasteiger partial charge in [-0.1, -0.05) is 18.2 Å². The van der Waals surface area contributed by atoms with Crippen LogP contribution in [0.1, 0.15) is 0 Å². The first-order valence-corrected chi connectivity index (χ1v) is 9.13. The fraction of sp³-hybridized carbons (Fsp3) is 0.0909. The Labute approximate surface area is 167 Å². The van der Waals surface area contributed by atoms with E-state index in [1.54, 1.807) is 12.1 Å². The predicted octanol–water partition coefficient (Wildman–Crippen LogP) is 4.14. The van der Waals surface area contributed by atoms with Gasteiger partial charge in [-0.3, -0.25) is 5.43 Å². The van der Waals surface area contributed by atoms with Gasteiger partial charge in [0.15, 0.2) is 0 Å². The zero-order chi connectivity index (χ0) is 20.1. The van der Waals surface area contributed by atoms with Crippen LogP contribution in [0.2, 0.25) is 0 Å². The number of nitrogens with one attached hydrogen (secondary N) is 2. The minimum Gasteiger partial charge on any atom is -0.457 e. The molecule has 0 saturated carbocycles. The van der Waals surface area contributed by atoms with Crippen molar-refractivity contribution in [2.75, 3.05) is 18.6 Å². The number of aromatic nitrogens is 2. The maximum Gasteiger partial charge on any atom is 0.238 e. The summed E-state index contributed by atoms with van der Waals surface area (Å²) in [5, 5.41) is 9.84. The first kappa shape index (κ1) is 18.8. The highest BCUT2D eigenvalue weighted by Gasteiger charge is 2.10. The van der Waals surface area contributed by atoms with Gasteiger partial charge in [0.25, 0.3) is 0 Å². The summed E-state index contributed by atoms with van der Waals surface area (Å²) in [7, 11) is 0. The summed E-state index contributed by atoms with van der Waals surface area (Å²) in [5.74, 6) is 1.31. The van der Waals surface area contributed by atoms with Crippen LogP contribution < -0.4 is 15.6 Å². The molecule has 6 nitrogen and oxygen atoms in total. The summed E-state index contributed by atoms with van der Waals surface area (Å²) in [6, 6.07) is 21.1. The van der Waals surface area contributed by atoms with E-state index in [2.05, 4.69) is 20.8 Å². The van der Waals surface area contributed by atoms with Crippen LogP contribution in [0.25, 0.3) is 22.2 Å². The summed E-state index contributed by atoms with van der Waals surface area (Å²) in [4.78, 5) is 9.11. The van der Waals surface area contributed by atoms with Crippen molar-refractivity contribution < 1.29 is 14.2 Å². The van der Waals surface area contributed by atoms with Crippen molar-refractivity contribution in [2.45, 2.75) is 0 Å². The Kier molecular flexibility index (Phi) is 5.60. The van der Waals surface area contributed by atoms with Gasteiger partial charge in [-0.2, -0.15) is 0 Å². The van der Waals surface area contributed by atoms with Gasteiger partial charge < -0.3 is 9.84 Å². The Morgan fingerprint density at radius 3 is 2.28 bits per heavy atom. The molecule has 0 unspecified atom stereocenters. The average molecular weight is 390 g/mol. The third-order valence-electron chi connectivity index (χ3n) is 4.22. The second kappa shape index (κ2) is 8.64. The monoisotopic (exact) mass is 390 g/mol. The van der Waals surface area contributed by atoms with E-state index in [9.17, 15) is 4.39 Å². The van der Waals surface area contributed by atoms with E-state index in [1.807, 2.05) is 48.5 Å². The molecule has 0 aliphatic rings. The van der Waals surface area contributed by atoms with Crippen LogP contribution in [0.3, 0.4) is 0 Å². The van der Waals surface area contributed by atoms with Gasteiger partial charge in [-0.05, 0) is 54.6 Å². The minimum absolute atomic E-state index is 0.00293. The lowest BCUT2D eigenvalue weighted by Crippen LogP contribution is -2.26. The molecular formula is C22H19FN4O2. The topological polar surface area (TPSA) is 79.3 Å². The number of aliphatic hydroxyl groups is 1. The quantitative estimate of drug-likeness (QED) is 0.325. The fourth-order valence-corrected chi connectivity index (χ4v) is 2.87. The zero-order valence-corrected chi connectivity index (χ0v) is 15.5. The smallest absolute Gasteiger partial charge is 0.238 e. The molecule has 0 spiro atoms. The van der Waals surface area contributed by atoms with E-state index in [1.165, 1.54) is 12.1 Å². The summed E-state index contributed by atoms with van der Waals surface area (Å²) < 4.78 is 18.8. The highest BCUT2D eigenvalue weighted by Crippen LogP contribution is 2.30. The van der Waals surface area contributed by atoms with Crippen LogP contribution in [-0.4, -0.2) is 28.2 Å². The lowest BCUT2D eigenvalue weighted by atomic mass is 10.1. The van der Waals surface area contributed by atoms with E-state index >= 15 is 0 Å². The molecule has 0 radical (unpaired) electrons. The maximum absolute atomic E-state index is 13.0. The Morgan fingerprint density at radius 1 is 0.862 bits per heavy atom. The van der Waals surface area contributed by atoms with Gasteiger partial charge in [0, 0.05) is 17.5 Å². The van der Waals surface area contributed by atoms with Crippen LogP contribution in [0.4, 0.5) is 10.3 Å². The highest BCUT2D eigenvalue weighted by molar-refractivity contribution is 5.93. The second-order valence-electron chi connectivity index (χ2n) is 6.27. The molecular weight excluding hydrogens is 371 g/mol. The van der Waals surface area contributed by atoms with Gasteiger partial charge in [-0.25, -0.2) is 19.8 Å². The molecule has 3 N–H and O–H groups in total. The summed E-state index contributed by atoms with van der Waals surface area (Å²) in [5.41, 5.74) is 8.25. The van der Waals surface area contributed by atoms with Crippen LogP contribution >= 0.6 is 0 Å². The molecule has 4 aromatic rings. The number of hydrogen-bond donors (Lipinski definition) is 3. The molecule has 0 bridgehead atoms. The largest absolute Gasteiger partial charge is 0.457 e. The van der Waals surface area contributed by atoms with Crippen molar-refractivity contribution in [3.05, 3.63) is 78.6 Å². The Hall–Kier alpha value is -3.55. The predicted molar refractivity (Wildman–Crippen MR) is 110 cm³/mol. The molecule has 0 aliphatic carbocycles. The molecule has 4 rings (SSSR count). The van der Waals surface area contributed by atoms with Gasteiger partial charge in [-0.15, -0.1) is 0 Å². The van der Waals surface area contributed by atoms with Gasteiger partial charge in [0.2, 0.25) is 5.95 Å². The Morgan fingerprint density at radius 2 is 1.55 bits per heavy atom. The molecule has 146 valence electrons. The number of hydrogen-bond acceptors (Lipinski definition) is 6. The zero-order valence-electron chi connectivity index (χ0n) is 15.5. The second-order valence-corrected chi connectivity index (χ2v) is 6.27. The number of aliphatic hydroxyl groups excluding tert-OH is 1. The normalized spacial score (nSPS) is 10.8. The highest BCUT2D eigenvalue weighted by atomic mass is 19.1. The third kappa shape index (κ3) is 4.48. The summed E-state index contributed by atoms with van der Waals surface area (Å²) in [6.45, 7) is 0.379. The Balaban J connectivity index is 1.63. The first-order valence-electron chi connectivity index (χ1n) is 9.13. The van der Waals surface area contributed by atoms with E-state index < -0.39 is 0 Å². The van der Waals surface area contributed by atoms with Crippen molar-refractivity contribution in [3.8, 4) is 22.8 Å². The average Bonchev–Trinajstić information content (AvgIpc) is 2.76. The Bertz CT molecular complexity index is 1100. The summed E-state index contributed by atoms with van der Waals surface area (Å²) in [6.07, 6.45) is 0. The van der Waals surface area contributed by atoms with Crippen molar-refractivity contribution in [2.24, 2.45) is 0 Å². The number of rotatable bonds is 7. The van der Waals surface area contributed by atoms with E-state index in [4.69, 9.17) is 9.84 Å². The molecule has 0 atom stereocenters. The number of fused-ring (bicyclic) bond motifs is 1. The molecule has 1 heterocycles. The molecule has 0 fully saturated rings. The molecule has 3 aromatic carbocycles. The van der Waals surface area contributed by atoms with Crippen molar-refractivity contribution >= 4 is 16.9 Å². The van der Waals surface area contributed by atoms with E-state index in [-0.39, 0.29) is 12.4 Å². The number of para-hydroxylation sites is 1. The standard InChI is InChI=1S/C22H19FN4O2/c23-16-7-11-18(12-8-16)29-17-9-5-15(6-10-17)21-19-3-1-2-4-20(19)25-22(26-21)27-24-13-14-28/h1-12,24,28H,13-14H2,(H,25,26,27). The van der Waals surface area contributed by atoms with Crippen molar-refractivity contribution in [3.63, 3.8) is 0 Å². The van der Waals surface area contributed by atoms with Crippen molar-refractivity contribution in [1.29, 1.82) is 0 Å². The number of ether oxygens (including phenoxy) is 1.